The van der Waals surface area contributed by atoms with Gasteiger partial charge in [0, 0.05) is 61.6 Å². The van der Waals surface area contributed by atoms with Crippen LogP contribution in [0.4, 0.5) is 16.2 Å². The molecule has 1 aromatic carbocycles. The Labute approximate surface area is 207 Å². The van der Waals surface area contributed by atoms with Crippen LogP contribution in [0.2, 0.25) is 0 Å². The van der Waals surface area contributed by atoms with Crippen molar-refractivity contribution < 1.29 is 9.53 Å². The molecule has 0 atom stereocenters. The van der Waals surface area contributed by atoms with Crippen LogP contribution in [0.1, 0.15) is 58.6 Å². The molecule has 2 heterocycles. The zero-order valence-electron chi connectivity index (χ0n) is 22.2. The molecule has 1 aromatic rings. The van der Waals surface area contributed by atoms with Crippen molar-refractivity contribution in [3.8, 4) is 11.8 Å². The van der Waals surface area contributed by atoms with Crippen molar-refractivity contribution in [2.24, 2.45) is 11.3 Å². The van der Waals surface area contributed by atoms with Gasteiger partial charge in [0.25, 0.3) is 0 Å². The third kappa shape index (κ3) is 7.84. The third-order valence-corrected chi connectivity index (χ3v) is 6.32. The fourth-order valence-corrected chi connectivity index (χ4v) is 4.36. The number of rotatable bonds is 7. The van der Waals surface area contributed by atoms with E-state index < -0.39 is 0 Å². The van der Waals surface area contributed by atoms with Crippen LogP contribution in [0, 0.1) is 30.1 Å². The van der Waals surface area contributed by atoms with Crippen molar-refractivity contribution in [2.45, 2.75) is 54.4 Å². The number of carbonyl (C=O) groups is 1. The maximum absolute atomic E-state index is 12.4. The van der Waals surface area contributed by atoms with Gasteiger partial charge < -0.3 is 24.8 Å². The Morgan fingerprint density at radius 2 is 1.76 bits per heavy atom. The lowest BCUT2D eigenvalue weighted by molar-refractivity contribution is 0.0901. The van der Waals surface area contributed by atoms with Crippen LogP contribution in [-0.2, 0) is 4.74 Å². The summed E-state index contributed by atoms with van der Waals surface area (Å²) in [7, 11) is 0. The van der Waals surface area contributed by atoms with Crippen molar-refractivity contribution in [3.05, 3.63) is 23.3 Å². The number of carbonyl (C=O) groups excluding carboxylic acids is 1. The molecule has 0 radical (unpaired) electrons. The predicted octanol–water partition coefficient (Wildman–Crippen LogP) is 4.81. The highest BCUT2D eigenvalue weighted by Crippen LogP contribution is 2.30. The minimum atomic E-state index is -0.195. The molecule has 188 valence electrons. The number of amides is 1. The number of benzene rings is 1. The van der Waals surface area contributed by atoms with Crippen LogP contribution in [0.3, 0.4) is 0 Å². The van der Waals surface area contributed by atoms with Crippen molar-refractivity contribution in [3.63, 3.8) is 0 Å². The first-order valence-electron chi connectivity index (χ1n) is 12.9. The summed E-state index contributed by atoms with van der Waals surface area (Å²) in [5.74, 6) is 7.14. The summed E-state index contributed by atoms with van der Waals surface area (Å²) in [4.78, 5) is 19.1. The molecule has 1 N–H and O–H groups in total. The van der Waals surface area contributed by atoms with Crippen LogP contribution >= 0.6 is 0 Å². The van der Waals surface area contributed by atoms with E-state index >= 15 is 0 Å². The Morgan fingerprint density at radius 1 is 1.09 bits per heavy atom. The Kier molecular flexibility index (Phi) is 9.13. The summed E-state index contributed by atoms with van der Waals surface area (Å²) < 4.78 is 5.43. The monoisotopic (exact) mass is 468 g/mol. The lowest BCUT2D eigenvalue weighted by atomic mass is 9.97. The zero-order chi connectivity index (χ0) is 24.7. The van der Waals surface area contributed by atoms with Gasteiger partial charge in [-0.2, -0.15) is 0 Å². The molecule has 0 saturated carbocycles. The van der Waals surface area contributed by atoms with Crippen molar-refractivity contribution in [1.82, 2.24) is 9.80 Å². The SMILES string of the molecule is Cc1c(NCCN2CCCC2)cc(C#CC(C)(C)C)cc1N1CCN(C(=O)OCC(C)C)CC1. The van der Waals surface area contributed by atoms with E-state index in [-0.39, 0.29) is 11.5 Å². The number of ether oxygens (including phenoxy) is 1. The normalized spacial score (nSPS) is 17.0. The Balaban J connectivity index is 1.72. The molecule has 0 spiro atoms. The molecule has 0 aromatic heterocycles. The van der Waals surface area contributed by atoms with Gasteiger partial charge in [-0.1, -0.05) is 25.7 Å². The van der Waals surface area contributed by atoms with Crippen LogP contribution in [0.5, 0.6) is 0 Å². The first kappa shape index (κ1) is 26.2. The average Bonchev–Trinajstić information content (AvgIpc) is 3.31. The van der Waals surface area contributed by atoms with Gasteiger partial charge in [-0.05, 0) is 77.2 Å². The maximum Gasteiger partial charge on any atom is 0.409 e. The van der Waals surface area contributed by atoms with E-state index in [0.717, 1.165) is 37.4 Å². The van der Waals surface area contributed by atoms with Crippen LogP contribution in [0.25, 0.3) is 0 Å². The molecule has 2 aliphatic heterocycles. The Hall–Kier alpha value is -2.39. The molecular weight excluding hydrogens is 424 g/mol. The highest BCUT2D eigenvalue weighted by Gasteiger charge is 2.24. The molecule has 6 nitrogen and oxygen atoms in total. The fourth-order valence-electron chi connectivity index (χ4n) is 4.36. The third-order valence-electron chi connectivity index (χ3n) is 6.32. The molecule has 0 aliphatic carbocycles. The van der Waals surface area contributed by atoms with Gasteiger partial charge in [0.05, 0.1) is 6.61 Å². The topological polar surface area (TPSA) is 48.0 Å². The predicted molar refractivity (Wildman–Crippen MR) is 142 cm³/mol. The van der Waals surface area contributed by atoms with Gasteiger partial charge in [-0.15, -0.1) is 0 Å². The highest BCUT2D eigenvalue weighted by molar-refractivity contribution is 5.71. The summed E-state index contributed by atoms with van der Waals surface area (Å²) in [5, 5.41) is 3.69. The van der Waals surface area contributed by atoms with Gasteiger partial charge in [-0.3, -0.25) is 0 Å². The summed E-state index contributed by atoms with van der Waals surface area (Å²) >= 11 is 0. The molecule has 2 aliphatic rings. The fraction of sp³-hybridized carbons (Fsp3) is 0.679. The van der Waals surface area contributed by atoms with E-state index in [4.69, 9.17) is 4.74 Å². The number of nitrogens with zero attached hydrogens (tertiary/aromatic N) is 3. The summed E-state index contributed by atoms with van der Waals surface area (Å²) in [5.41, 5.74) is 4.61. The minimum absolute atomic E-state index is 0.0453. The first-order valence-corrected chi connectivity index (χ1v) is 12.9. The zero-order valence-corrected chi connectivity index (χ0v) is 22.2. The van der Waals surface area contributed by atoms with Gasteiger partial charge in [0.1, 0.15) is 0 Å². The van der Waals surface area contributed by atoms with E-state index in [2.05, 4.69) is 80.6 Å². The molecule has 2 fully saturated rings. The molecule has 0 bridgehead atoms. The van der Waals surface area contributed by atoms with E-state index in [1.54, 1.807) is 0 Å². The lowest BCUT2D eigenvalue weighted by Gasteiger charge is -2.36. The van der Waals surface area contributed by atoms with Crippen LogP contribution < -0.4 is 10.2 Å². The molecule has 1 amide bonds. The largest absolute Gasteiger partial charge is 0.449 e. The lowest BCUT2D eigenvalue weighted by Crippen LogP contribution is -2.49. The highest BCUT2D eigenvalue weighted by atomic mass is 16.6. The van der Waals surface area contributed by atoms with Crippen LogP contribution in [-0.4, -0.2) is 74.9 Å². The molecular formula is C28H44N4O2. The summed E-state index contributed by atoms with van der Waals surface area (Å²) in [6.45, 7) is 20.6. The quantitative estimate of drug-likeness (QED) is 0.582. The second kappa shape index (κ2) is 11.8. The van der Waals surface area contributed by atoms with Gasteiger partial charge in [-0.25, -0.2) is 4.79 Å². The summed E-state index contributed by atoms with van der Waals surface area (Å²) in [6.07, 6.45) is 2.44. The molecule has 3 rings (SSSR count). The molecule has 6 heteroatoms. The Bertz CT molecular complexity index is 880. The van der Waals surface area contributed by atoms with Crippen molar-refractivity contribution >= 4 is 17.5 Å². The standard InChI is InChI=1S/C28H44N4O2/c1-22(2)21-34-27(33)32-17-15-31(16-18-32)26-20-24(9-10-28(4,5)6)19-25(23(26)3)29-11-14-30-12-7-8-13-30/h19-20,22,29H,7-8,11-18,21H2,1-6H3. The maximum atomic E-state index is 12.4. The smallest absolute Gasteiger partial charge is 0.409 e. The number of hydrogen-bond donors (Lipinski definition) is 1. The number of nitrogens with one attached hydrogen (secondary N) is 1. The van der Waals surface area contributed by atoms with E-state index in [1.807, 2.05) is 4.90 Å². The van der Waals surface area contributed by atoms with Crippen LogP contribution in [0.15, 0.2) is 12.1 Å². The number of anilines is 2. The average molecular weight is 469 g/mol. The van der Waals surface area contributed by atoms with Gasteiger partial charge in [0.2, 0.25) is 0 Å². The molecule has 34 heavy (non-hydrogen) atoms. The van der Waals surface area contributed by atoms with E-state index in [0.29, 0.717) is 25.6 Å². The second-order valence-electron chi connectivity index (χ2n) is 11.1. The number of likely N-dealkylation sites (tertiary alicyclic amines) is 1. The number of hydrogen-bond acceptors (Lipinski definition) is 5. The van der Waals surface area contributed by atoms with Crippen molar-refractivity contribution in [2.75, 3.05) is 69.2 Å². The van der Waals surface area contributed by atoms with E-state index in [9.17, 15) is 4.79 Å². The first-order chi connectivity index (χ1) is 16.1. The van der Waals surface area contributed by atoms with Gasteiger partial charge in [0.15, 0.2) is 0 Å². The summed E-state index contributed by atoms with van der Waals surface area (Å²) in [6, 6.07) is 4.41. The van der Waals surface area contributed by atoms with E-state index in [1.165, 1.54) is 37.2 Å². The van der Waals surface area contributed by atoms with Gasteiger partial charge >= 0.3 is 6.09 Å². The second-order valence-corrected chi connectivity index (χ2v) is 11.1. The number of piperazine rings is 1. The molecule has 0 unspecified atom stereocenters. The Morgan fingerprint density at radius 3 is 2.38 bits per heavy atom. The minimum Gasteiger partial charge on any atom is -0.449 e. The molecule has 2 saturated heterocycles. The van der Waals surface area contributed by atoms with Crippen molar-refractivity contribution in [1.29, 1.82) is 0 Å².